The highest BCUT2D eigenvalue weighted by Crippen LogP contribution is 2.12. The molecule has 2 heterocycles. The second kappa shape index (κ2) is 6.47. The first-order chi connectivity index (χ1) is 8.68. The lowest BCUT2D eigenvalue weighted by Crippen LogP contribution is -2.59. The van der Waals surface area contributed by atoms with Crippen LogP contribution in [-0.4, -0.2) is 81.5 Å². The van der Waals surface area contributed by atoms with Gasteiger partial charge < -0.3 is 19.7 Å². The molecule has 0 bridgehead atoms. The Morgan fingerprint density at radius 2 is 2.33 bits per heavy atom. The van der Waals surface area contributed by atoms with Gasteiger partial charge in [-0.15, -0.1) is 0 Å². The molecular weight excluding hydrogens is 234 g/mol. The number of nitrogens with zero attached hydrogens (tertiary/aromatic N) is 2. The van der Waals surface area contributed by atoms with Crippen LogP contribution in [0.5, 0.6) is 0 Å². The lowest BCUT2D eigenvalue weighted by Gasteiger charge is -2.38. The Hall–Kier alpha value is -0.690. The molecule has 1 amide bonds. The number of ether oxygens (including phenoxy) is 2. The minimum absolute atomic E-state index is 0.0693. The molecule has 0 aromatic heterocycles. The molecule has 6 nitrogen and oxygen atoms in total. The molecule has 2 unspecified atom stereocenters. The van der Waals surface area contributed by atoms with E-state index in [1.54, 1.807) is 19.0 Å². The fourth-order valence-corrected chi connectivity index (χ4v) is 2.41. The Bertz CT molecular complexity index is 280. The smallest absolute Gasteiger partial charge is 0.240 e. The van der Waals surface area contributed by atoms with Crippen LogP contribution >= 0.6 is 0 Å². The average Bonchev–Trinajstić information content (AvgIpc) is 2.39. The van der Waals surface area contributed by atoms with Gasteiger partial charge >= 0.3 is 0 Å². The standard InChI is InChI=1S/C12H23N3O3/c1-14(2)12(16)11-7-13-4-5-15(11)8-10-3-6-17-9-18-10/h10-11,13H,3-9H2,1-2H3. The number of amides is 1. The second-order valence-corrected chi connectivity index (χ2v) is 5.05. The first-order valence-electron chi connectivity index (χ1n) is 6.54. The van der Waals surface area contributed by atoms with E-state index in [-0.39, 0.29) is 18.1 Å². The van der Waals surface area contributed by atoms with Gasteiger partial charge in [0.1, 0.15) is 12.8 Å². The third-order valence-corrected chi connectivity index (χ3v) is 3.49. The molecule has 0 aromatic carbocycles. The van der Waals surface area contributed by atoms with Gasteiger partial charge in [0.2, 0.25) is 5.91 Å². The lowest BCUT2D eigenvalue weighted by molar-refractivity contribution is -0.151. The summed E-state index contributed by atoms with van der Waals surface area (Å²) in [5, 5.41) is 3.28. The van der Waals surface area contributed by atoms with Crippen molar-refractivity contribution in [3.8, 4) is 0 Å². The summed E-state index contributed by atoms with van der Waals surface area (Å²) in [6.45, 7) is 4.49. The van der Waals surface area contributed by atoms with Crippen molar-refractivity contribution in [2.45, 2.75) is 18.6 Å². The van der Waals surface area contributed by atoms with Gasteiger partial charge in [0, 0.05) is 40.3 Å². The van der Waals surface area contributed by atoms with Crippen LogP contribution in [0.3, 0.4) is 0 Å². The normalized spacial score (nSPS) is 30.1. The zero-order valence-corrected chi connectivity index (χ0v) is 11.2. The highest BCUT2D eigenvalue weighted by molar-refractivity contribution is 5.81. The van der Waals surface area contributed by atoms with E-state index in [1.165, 1.54) is 0 Å². The van der Waals surface area contributed by atoms with Gasteiger partial charge in [-0.25, -0.2) is 0 Å². The van der Waals surface area contributed by atoms with Crippen LogP contribution in [0, 0.1) is 0 Å². The first kappa shape index (κ1) is 13.7. The third kappa shape index (κ3) is 3.41. The van der Waals surface area contributed by atoms with E-state index in [4.69, 9.17) is 9.47 Å². The van der Waals surface area contributed by atoms with Crippen molar-refractivity contribution in [1.29, 1.82) is 0 Å². The fourth-order valence-electron chi connectivity index (χ4n) is 2.41. The number of hydrogen-bond acceptors (Lipinski definition) is 5. The van der Waals surface area contributed by atoms with Crippen molar-refractivity contribution in [3.63, 3.8) is 0 Å². The molecule has 0 spiro atoms. The zero-order chi connectivity index (χ0) is 13.0. The van der Waals surface area contributed by atoms with Crippen molar-refractivity contribution >= 4 is 5.91 Å². The molecule has 18 heavy (non-hydrogen) atoms. The quantitative estimate of drug-likeness (QED) is 0.711. The summed E-state index contributed by atoms with van der Waals surface area (Å²) < 4.78 is 10.7. The summed E-state index contributed by atoms with van der Waals surface area (Å²) in [5.74, 6) is 0.161. The van der Waals surface area contributed by atoms with Crippen LogP contribution in [-0.2, 0) is 14.3 Å². The number of nitrogens with one attached hydrogen (secondary N) is 1. The Kier molecular flexibility index (Phi) is 4.94. The van der Waals surface area contributed by atoms with Crippen LogP contribution in [0.1, 0.15) is 6.42 Å². The predicted octanol–water partition coefficient (Wildman–Crippen LogP) is -0.889. The molecule has 2 aliphatic rings. The maximum absolute atomic E-state index is 12.1. The van der Waals surface area contributed by atoms with Crippen LogP contribution in [0.2, 0.25) is 0 Å². The minimum atomic E-state index is -0.0693. The molecule has 6 heteroatoms. The third-order valence-electron chi connectivity index (χ3n) is 3.49. The van der Waals surface area contributed by atoms with Crippen LogP contribution in [0.25, 0.3) is 0 Å². The number of likely N-dealkylation sites (N-methyl/N-ethyl adjacent to an activating group) is 1. The maximum atomic E-state index is 12.1. The number of piperazine rings is 1. The molecule has 0 radical (unpaired) electrons. The van der Waals surface area contributed by atoms with E-state index in [0.717, 1.165) is 39.2 Å². The van der Waals surface area contributed by atoms with E-state index < -0.39 is 0 Å². The second-order valence-electron chi connectivity index (χ2n) is 5.05. The number of carbonyl (C=O) groups excluding carboxylic acids is 1. The molecule has 104 valence electrons. The molecule has 2 aliphatic heterocycles. The van der Waals surface area contributed by atoms with Crippen molar-refractivity contribution in [3.05, 3.63) is 0 Å². The van der Waals surface area contributed by atoms with Gasteiger partial charge in [-0.2, -0.15) is 0 Å². The van der Waals surface area contributed by atoms with Gasteiger partial charge in [-0.3, -0.25) is 9.69 Å². The Morgan fingerprint density at radius 1 is 1.50 bits per heavy atom. The summed E-state index contributed by atoms with van der Waals surface area (Å²) in [5.41, 5.74) is 0. The van der Waals surface area contributed by atoms with Crippen LogP contribution in [0.15, 0.2) is 0 Å². The molecule has 0 aliphatic carbocycles. The summed E-state index contributed by atoms with van der Waals surface area (Å²) in [6, 6.07) is -0.0693. The van der Waals surface area contributed by atoms with Gasteiger partial charge in [0.15, 0.2) is 0 Å². The summed E-state index contributed by atoms with van der Waals surface area (Å²) >= 11 is 0. The summed E-state index contributed by atoms with van der Waals surface area (Å²) in [6.07, 6.45) is 1.10. The van der Waals surface area contributed by atoms with Crippen LogP contribution < -0.4 is 5.32 Å². The summed E-state index contributed by atoms with van der Waals surface area (Å²) in [4.78, 5) is 16.0. The fraction of sp³-hybridized carbons (Fsp3) is 0.917. The first-order valence-corrected chi connectivity index (χ1v) is 6.54. The Labute approximate surface area is 108 Å². The number of rotatable bonds is 3. The van der Waals surface area contributed by atoms with E-state index >= 15 is 0 Å². The molecule has 0 saturated carbocycles. The van der Waals surface area contributed by atoms with Crippen LogP contribution in [0.4, 0.5) is 0 Å². The Morgan fingerprint density at radius 3 is 3.00 bits per heavy atom. The monoisotopic (exact) mass is 257 g/mol. The van der Waals surface area contributed by atoms with Crippen molar-refractivity contribution in [2.24, 2.45) is 0 Å². The molecule has 2 saturated heterocycles. The predicted molar refractivity (Wildman–Crippen MR) is 67.2 cm³/mol. The van der Waals surface area contributed by atoms with E-state index in [2.05, 4.69) is 10.2 Å². The highest BCUT2D eigenvalue weighted by Gasteiger charge is 2.31. The van der Waals surface area contributed by atoms with Crippen molar-refractivity contribution in [2.75, 3.05) is 53.7 Å². The molecule has 2 fully saturated rings. The molecule has 2 atom stereocenters. The molecule has 1 N–H and O–H groups in total. The SMILES string of the molecule is CN(C)C(=O)C1CNCCN1CC1CCOCO1. The van der Waals surface area contributed by atoms with Crippen molar-refractivity contribution in [1.82, 2.24) is 15.1 Å². The average molecular weight is 257 g/mol. The molecule has 2 rings (SSSR count). The largest absolute Gasteiger partial charge is 0.355 e. The van der Waals surface area contributed by atoms with Crippen molar-refractivity contribution < 1.29 is 14.3 Å². The van der Waals surface area contributed by atoms with E-state index in [1.807, 2.05) is 0 Å². The summed E-state index contributed by atoms with van der Waals surface area (Å²) in [7, 11) is 3.61. The van der Waals surface area contributed by atoms with Gasteiger partial charge in [-0.05, 0) is 6.42 Å². The van der Waals surface area contributed by atoms with Gasteiger partial charge in [-0.1, -0.05) is 0 Å². The van der Waals surface area contributed by atoms with Gasteiger partial charge in [0.25, 0.3) is 0 Å². The molecular formula is C12H23N3O3. The van der Waals surface area contributed by atoms with E-state index in [0.29, 0.717) is 6.79 Å². The highest BCUT2D eigenvalue weighted by atomic mass is 16.7. The molecule has 0 aromatic rings. The number of carbonyl (C=O) groups is 1. The maximum Gasteiger partial charge on any atom is 0.240 e. The van der Waals surface area contributed by atoms with E-state index in [9.17, 15) is 4.79 Å². The minimum Gasteiger partial charge on any atom is -0.355 e. The topological polar surface area (TPSA) is 54.0 Å². The lowest BCUT2D eigenvalue weighted by atomic mass is 10.1. The zero-order valence-electron chi connectivity index (χ0n) is 11.2. The number of hydrogen-bond donors (Lipinski definition) is 1. The Balaban J connectivity index is 1.92. The van der Waals surface area contributed by atoms with Gasteiger partial charge in [0.05, 0.1) is 12.7 Å².